The monoisotopic (exact) mass is 399 g/mol. The van der Waals surface area contributed by atoms with Crippen molar-refractivity contribution in [1.82, 2.24) is 9.88 Å². The quantitative estimate of drug-likeness (QED) is 0.684. The van der Waals surface area contributed by atoms with Gasteiger partial charge in [-0.3, -0.25) is 4.79 Å². The van der Waals surface area contributed by atoms with E-state index in [0.717, 1.165) is 34.6 Å². The largest absolute Gasteiger partial charge is 0.496 e. The van der Waals surface area contributed by atoms with E-state index in [0.29, 0.717) is 11.3 Å². The van der Waals surface area contributed by atoms with Gasteiger partial charge in [0.1, 0.15) is 11.6 Å². The lowest BCUT2D eigenvalue weighted by Crippen LogP contribution is -2.44. The number of benzene rings is 2. The fourth-order valence-electron chi connectivity index (χ4n) is 3.85. The molecule has 0 saturated heterocycles. The third kappa shape index (κ3) is 3.54. The summed E-state index contributed by atoms with van der Waals surface area (Å²) in [5.74, 6) is 0.265. The van der Waals surface area contributed by atoms with E-state index in [1.165, 1.54) is 23.5 Å². The average Bonchev–Trinajstić information content (AvgIpc) is 3.33. The molecule has 3 aromatic rings. The van der Waals surface area contributed by atoms with E-state index in [1.807, 2.05) is 19.2 Å². The summed E-state index contributed by atoms with van der Waals surface area (Å²) in [4.78, 5) is 19.4. The van der Waals surface area contributed by atoms with E-state index in [-0.39, 0.29) is 23.8 Å². The summed E-state index contributed by atoms with van der Waals surface area (Å²) in [6.07, 6.45) is 2.92. The fourth-order valence-corrected chi connectivity index (χ4v) is 4.81. The van der Waals surface area contributed by atoms with Crippen LogP contribution in [-0.4, -0.2) is 42.0 Å². The van der Waals surface area contributed by atoms with E-state index < -0.39 is 0 Å². The SMILES string of the molecule is COc1ccccc1C(=O)N(C)[C@H]1CCC[C@H]1Nc1nc2ccc(F)cc2s1. The van der Waals surface area contributed by atoms with E-state index in [2.05, 4.69) is 10.3 Å². The van der Waals surface area contributed by atoms with Crippen molar-refractivity contribution in [1.29, 1.82) is 0 Å². The minimum Gasteiger partial charge on any atom is -0.496 e. The van der Waals surface area contributed by atoms with Gasteiger partial charge in [0.15, 0.2) is 5.13 Å². The van der Waals surface area contributed by atoms with Crippen LogP contribution in [0, 0.1) is 5.82 Å². The predicted octanol–water partition coefficient (Wildman–Crippen LogP) is 4.55. The maximum atomic E-state index is 13.4. The number of nitrogens with zero attached hydrogens (tertiary/aromatic N) is 2. The number of rotatable bonds is 5. The Kier molecular flexibility index (Phi) is 5.17. The Morgan fingerprint density at radius 2 is 2.11 bits per heavy atom. The molecule has 1 aliphatic rings. The topological polar surface area (TPSA) is 54.5 Å². The Morgan fingerprint density at radius 1 is 1.29 bits per heavy atom. The molecule has 7 heteroatoms. The van der Waals surface area contributed by atoms with Gasteiger partial charge in [0.2, 0.25) is 0 Å². The van der Waals surface area contributed by atoms with Crippen molar-refractivity contribution in [3.63, 3.8) is 0 Å². The molecular formula is C21H22FN3O2S. The standard InChI is InChI=1S/C21H22FN3O2S/c1-25(20(26)14-6-3-4-9-18(14)27-2)17-8-5-7-15(17)23-21-24-16-11-10-13(22)12-19(16)28-21/h3-4,6,9-12,15,17H,5,7-8H2,1-2H3,(H,23,24)/t15-,17+/m1/s1. The van der Waals surface area contributed by atoms with Crippen LogP contribution in [-0.2, 0) is 0 Å². The smallest absolute Gasteiger partial charge is 0.257 e. The molecule has 146 valence electrons. The van der Waals surface area contributed by atoms with Gasteiger partial charge in [-0.2, -0.15) is 0 Å². The minimum atomic E-state index is -0.261. The van der Waals surface area contributed by atoms with E-state index in [9.17, 15) is 9.18 Å². The highest BCUT2D eigenvalue weighted by atomic mass is 32.1. The first-order valence-electron chi connectivity index (χ1n) is 9.29. The molecule has 0 bridgehead atoms. The van der Waals surface area contributed by atoms with Gasteiger partial charge in [-0.15, -0.1) is 0 Å². The molecule has 2 aromatic carbocycles. The van der Waals surface area contributed by atoms with Crippen molar-refractivity contribution in [2.45, 2.75) is 31.3 Å². The van der Waals surface area contributed by atoms with Gasteiger partial charge in [0, 0.05) is 13.1 Å². The van der Waals surface area contributed by atoms with Crippen LogP contribution < -0.4 is 10.1 Å². The van der Waals surface area contributed by atoms with Gasteiger partial charge in [0.05, 0.1) is 28.9 Å². The molecule has 0 spiro atoms. The highest BCUT2D eigenvalue weighted by Crippen LogP contribution is 2.32. The zero-order valence-electron chi connectivity index (χ0n) is 15.8. The maximum absolute atomic E-state index is 13.4. The number of aromatic nitrogens is 1. The Labute approximate surface area is 167 Å². The van der Waals surface area contributed by atoms with Gasteiger partial charge in [0.25, 0.3) is 5.91 Å². The first-order valence-corrected chi connectivity index (χ1v) is 10.1. The number of methoxy groups -OCH3 is 1. The number of halogens is 1. The van der Waals surface area contributed by atoms with Crippen molar-refractivity contribution in [2.24, 2.45) is 0 Å². The van der Waals surface area contributed by atoms with Crippen LogP contribution in [0.2, 0.25) is 0 Å². The number of likely N-dealkylation sites (N-methyl/N-ethyl adjacent to an activating group) is 1. The average molecular weight is 399 g/mol. The fraction of sp³-hybridized carbons (Fsp3) is 0.333. The molecule has 1 aliphatic carbocycles. The Hall–Kier alpha value is -2.67. The molecule has 1 amide bonds. The van der Waals surface area contributed by atoms with Crippen LogP contribution in [0.15, 0.2) is 42.5 Å². The lowest BCUT2D eigenvalue weighted by atomic mass is 10.1. The van der Waals surface area contributed by atoms with Crippen molar-refractivity contribution in [2.75, 3.05) is 19.5 Å². The van der Waals surface area contributed by atoms with E-state index in [4.69, 9.17) is 4.74 Å². The number of thiazole rings is 1. The van der Waals surface area contributed by atoms with Gasteiger partial charge in [-0.25, -0.2) is 9.37 Å². The highest BCUT2D eigenvalue weighted by Gasteiger charge is 2.34. The zero-order valence-corrected chi connectivity index (χ0v) is 16.6. The Balaban J connectivity index is 1.53. The van der Waals surface area contributed by atoms with Gasteiger partial charge in [-0.05, 0) is 49.6 Å². The second-order valence-electron chi connectivity index (χ2n) is 7.00. The summed E-state index contributed by atoms with van der Waals surface area (Å²) in [6, 6.07) is 12.1. The number of nitrogens with one attached hydrogen (secondary N) is 1. The van der Waals surface area contributed by atoms with Crippen molar-refractivity contribution in [3.05, 3.63) is 53.8 Å². The van der Waals surface area contributed by atoms with Crippen LogP contribution in [0.5, 0.6) is 5.75 Å². The van der Waals surface area contributed by atoms with Crippen molar-refractivity contribution < 1.29 is 13.9 Å². The molecule has 4 rings (SSSR count). The third-order valence-corrected chi connectivity index (χ3v) is 6.24. The van der Waals surface area contributed by atoms with Crippen LogP contribution in [0.3, 0.4) is 0 Å². The number of anilines is 1. The number of carbonyl (C=O) groups is 1. The van der Waals surface area contributed by atoms with Crippen LogP contribution >= 0.6 is 11.3 Å². The summed E-state index contributed by atoms with van der Waals surface area (Å²) >= 11 is 1.44. The predicted molar refractivity (Wildman–Crippen MR) is 110 cm³/mol. The van der Waals surface area contributed by atoms with Crippen molar-refractivity contribution >= 4 is 32.6 Å². The molecule has 0 aliphatic heterocycles. The van der Waals surface area contributed by atoms with E-state index in [1.54, 1.807) is 30.2 Å². The molecule has 1 fully saturated rings. The summed E-state index contributed by atoms with van der Waals surface area (Å²) in [7, 11) is 3.41. The first kappa shape index (κ1) is 18.7. The zero-order chi connectivity index (χ0) is 19.7. The summed E-state index contributed by atoms with van der Waals surface area (Å²) in [5.41, 5.74) is 1.34. The second kappa shape index (κ2) is 7.75. The molecule has 1 saturated carbocycles. The lowest BCUT2D eigenvalue weighted by Gasteiger charge is -2.30. The normalized spacial score (nSPS) is 19.0. The first-order chi connectivity index (χ1) is 13.6. The number of fused-ring (bicyclic) bond motifs is 1. The second-order valence-corrected chi connectivity index (χ2v) is 8.03. The molecular weight excluding hydrogens is 377 g/mol. The van der Waals surface area contributed by atoms with Gasteiger partial charge >= 0.3 is 0 Å². The van der Waals surface area contributed by atoms with Gasteiger partial charge < -0.3 is 15.0 Å². The number of hydrogen-bond donors (Lipinski definition) is 1. The third-order valence-electron chi connectivity index (χ3n) is 5.29. The summed E-state index contributed by atoms with van der Waals surface area (Å²) in [5, 5.41) is 4.24. The van der Waals surface area contributed by atoms with Crippen molar-refractivity contribution in [3.8, 4) is 5.75 Å². The number of hydrogen-bond acceptors (Lipinski definition) is 5. The molecule has 5 nitrogen and oxygen atoms in total. The lowest BCUT2D eigenvalue weighted by molar-refractivity contribution is 0.0724. The number of ether oxygens (including phenoxy) is 1. The Morgan fingerprint density at radius 3 is 2.93 bits per heavy atom. The molecule has 1 N–H and O–H groups in total. The van der Waals surface area contributed by atoms with Crippen LogP contribution in [0.1, 0.15) is 29.6 Å². The van der Waals surface area contributed by atoms with Gasteiger partial charge in [-0.1, -0.05) is 23.5 Å². The molecule has 0 unspecified atom stereocenters. The number of carbonyl (C=O) groups excluding carboxylic acids is 1. The maximum Gasteiger partial charge on any atom is 0.257 e. The summed E-state index contributed by atoms with van der Waals surface area (Å²) in [6.45, 7) is 0. The molecule has 1 aromatic heterocycles. The molecule has 0 radical (unpaired) electrons. The van der Waals surface area contributed by atoms with E-state index >= 15 is 0 Å². The summed E-state index contributed by atoms with van der Waals surface area (Å²) < 4.78 is 19.6. The highest BCUT2D eigenvalue weighted by molar-refractivity contribution is 7.22. The molecule has 2 atom stereocenters. The molecule has 1 heterocycles. The number of para-hydroxylation sites is 1. The van der Waals surface area contributed by atoms with Crippen LogP contribution in [0.25, 0.3) is 10.2 Å². The minimum absolute atomic E-state index is 0.0532. The Bertz CT molecular complexity index is 1010. The van der Waals surface area contributed by atoms with Crippen LogP contribution in [0.4, 0.5) is 9.52 Å². The number of amides is 1. The molecule has 28 heavy (non-hydrogen) atoms.